The van der Waals surface area contributed by atoms with Crippen molar-refractivity contribution in [2.75, 3.05) is 6.54 Å². The molecule has 2 amide bonds. The molecule has 0 atom stereocenters. The number of imide groups is 1. The third-order valence-corrected chi connectivity index (χ3v) is 6.04. The SMILES string of the molecule is Cc1ccc2oc(-c3ccc(Cl)cc3)c(OC(=O)CN3C(=O)c4cccc([N+](=O)[O-])c4C3=O)c(=O)c2c1. The Balaban J connectivity index is 1.52. The van der Waals surface area contributed by atoms with E-state index in [1.165, 1.54) is 12.1 Å². The Kier molecular flexibility index (Phi) is 5.81. The monoisotopic (exact) mass is 518 g/mol. The van der Waals surface area contributed by atoms with Gasteiger partial charge in [0.2, 0.25) is 11.2 Å². The van der Waals surface area contributed by atoms with Crippen molar-refractivity contribution in [3.8, 4) is 17.1 Å². The summed E-state index contributed by atoms with van der Waals surface area (Å²) in [7, 11) is 0. The van der Waals surface area contributed by atoms with Gasteiger partial charge in [0.05, 0.1) is 15.9 Å². The zero-order chi connectivity index (χ0) is 26.4. The van der Waals surface area contributed by atoms with Gasteiger partial charge in [-0.2, -0.15) is 0 Å². The molecule has 0 radical (unpaired) electrons. The molecular formula is C26H15ClN2O8. The Labute approximate surface area is 212 Å². The number of carbonyl (C=O) groups is 3. The summed E-state index contributed by atoms with van der Waals surface area (Å²) in [6, 6.07) is 14.8. The molecule has 0 spiro atoms. The number of fused-ring (bicyclic) bond motifs is 2. The van der Waals surface area contributed by atoms with Gasteiger partial charge in [0.15, 0.2) is 5.76 Å². The first-order chi connectivity index (χ1) is 17.7. The largest absolute Gasteiger partial charge is 0.452 e. The van der Waals surface area contributed by atoms with Crippen molar-refractivity contribution in [2.45, 2.75) is 6.92 Å². The molecule has 3 aromatic carbocycles. The molecule has 1 aromatic heterocycles. The fraction of sp³-hybridized carbons (Fsp3) is 0.0769. The zero-order valence-electron chi connectivity index (χ0n) is 19.0. The predicted molar refractivity (Wildman–Crippen MR) is 132 cm³/mol. The maximum atomic E-state index is 13.4. The van der Waals surface area contributed by atoms with Crippen molar-refractivity contribution in [3.63, 3.8) is 0 Å². The molecule has 184 valence electrons. The summed E-state index contributed by atoms with van der Waals surface area (Å²) in [5, 5.41) is 11.9. The minimum atomic E-state index is -1.12. The number of hydrogen-bond donors (Lipinski definition) is 0. The van der Waals surface area contributed by atoms with Crippen LogP contribution in [0.15, 0.2) is 69.9 Å². The molecule has 0 fully saturated rings. The van der Waals surface area contributed by atoms with E-state index in [9.17, 15) is 29.3 Å². The second-order valence-electron chi connectivity index (χ2n) is 8.22. The van der Waals surface area contributed by atoms with Gasteiger partial charge in [0.25, 0.3) is 17.5 Å². The summed E-state index contributed by atoms with van der Waals surface area (Å²) >= 11 is 5.97. The van der Waals surface area contributed by atoms with E-state index < -0.39 is 51.7 Å². The lowest BCUT2D eigenvalue weighted by molar-refractivity contribution is -0.385. The molecule has 37 heavy (non-hydrogen) atoms. The van der Waals surface area contributed by atoms with Gasteiger partial charge in [-0.1, -0.05) is 29.3 Å². The van der Waals surface area contributed by atoms with Crippen molar-refractivity contribution in [3.05, 3.63) is 103 Å². The molecule has 5 rings (SSSR count). The topological polar surface area (TPSA) is 137 Å². The van der Waals surface area contributed by atoms with Crippen LogP contribution >= 0.6 is 11.6 Å². The highest BCUT2D eigenvalue weighted by Crippen LogP contribution is 2.33. The lowest BCUT2D eigenvalue weighted by Gasteiger charge is -2.14. The Hall–Kier alpha value is -4.83. The minimum Gasteiger partial charge on any atom is -0.452 e. The van der Waals surface area contributed by atoms with Crippen molar-refractivity contribution in [1.82, 2.24) is 4.90 Å². The third kappa shape index (κ3) is 4.13. The van der Waals surface area contributed by atoms with E-state index in [-0.39, 0.29) is 22.3 Å². The minimum absolute atomic E-state index is 0.0515. The van der Waals surface area contributed by atoms with E-state index in [1.807, 2.05) is 0 Å². The smallest absolute Gasteiger partial charge is 0.331 e. The molecular weight excluding hydrogens is 504 g/mol. The van der Waals surface area contributed by atoms with Crippen LogP contribution in [0.4, 0.5) is 5.69 Å². The van der Waals surface area contributed by atoms with E-state index in [0.29, 0.717) is 15.5 Å². The normalized spacial score (nSPS) is 12.6. The van der Waals surface area contributed by atoms with Crippen LogP contribution in [0.5, 0.6) is 5.75 Å². The van der Waals surface area contributed by atoms with Gasteiger partial charge in [-0.3, -0.25) is 29.4 Å². The second-order valence-corrected chi connectivity index (χ2v) is 8.66. The van der Waals surface area contributed by atoms with Crippen molar-refractivity contribution in [1.29, 1.82) is 0 Å². The summed E-state index contributed by atoms with van der Waals surface area (Å²) < 4.78 is 11.3. The summed E-state index contributed by atoms with van der Waals surface area (Å²) in [5.41, 5.74) is -0.383. The zero-order valence-corrected chi connectivity index (χ0v) is 19.8. The first kappa shape index (κ1) is 23.9. The van der Waals surface area contributed by atoms with Gasteiger partial charge < -0.3 is 9.15 Å². The average Bonchev–Trinajstić information content (AvgIpc) is 3.11. The Bertz CT molecular complexity index is 1710. The first-order valence-corrected chi connectivity index (χ1v) is 11.2. The van der Waals surface area contributed by atoms with E-state index >= 15 is 0 Å². The molecule has 0 unspecified atom stereocenters. The number of ether oxygens (including phenoxy) is 1. The number of amides is 2. The third-order valence-electron chi connectivity index (χ3n) is 5.79. The van der Waals surface area contributed by atoms with Crippen molar-refractivity contribution >= 4 is 46.0 Å². The number of nitro groups is 1. The lowest BCUT2D eigenvalue weighted by atomic mass is 10.1. The number of esters is 1. The molecule has 0 bridgehead atoms. The van der Waals surface area contributed by atoms with Gasteiger partial charge in [-0.15, -0.1) is 0 Å². The van der Waals surface area contributed by atoms with E-state index in [0.717, 1.165) is 11.6 Å². The standard InChI is InChI=1S/C26H15ClN2O8/c1-13-5-10-19-17(11-13)22(31)24(23(36-19)14-6-8-15(27)9-7-14)37-20(30)12-28-25(32)16-3-2-4-18(29(34)35)21(16)26(28)33/h2-11H,12H2,1H3. The Morgan fingerprint density at radius 1 is 1.05 bits per heavy atom. The van der Waals surface area contributed by atoms with Crippen LogP contribution < -0.4 is 10.2 Å². The second kappa shape index (κ2) is 8.99. The van der Waals surface area contributed by atoms with Gasteiger partial charge in [0.1, 0.15) is 17.7 Å². The van der Waals surface area contributed by atoms with Gasteiger partial charge >= 0.3 is 5.97 Å². The van der Waals surface area contributed by atoms with E-state index in [4.69, 9.17) is 20.8 Å². The fourth-order valence-electron chi connectivity index (χ4n) is 4.06. The lowest BCUT2D eigenvalue weighted by Crippen LogP contribution is -2.37. The first-order valence-electron chi connectivity index (χ1n) is 10.8. The highest BCUT2D eigenvalue weighted by atomic mass is 35.5. The molecule has 2 heterocycles. The van der Waals surface area contributed by atoms with Crippen molar-refractivity contribution in [2.24, 2.45) is 0 Å². The summed E-state index contributed by atoms with van der Waals surface area (Å²) in [6.45, 7) is 0.897. The molecule has 0 saturated heterocycles. The molecule has 11 heteroatoms. The van der Waals surface area contributed by atoms with Crippen LogP contribution in [0.1, 0.15) is 26.3 Å². The molecule has 4 aromatic rings. The predicted octanol–water partition coefficient (Wildman–Crippen LogP) is 4.53. The number of nitro benzene ring substituents is 1. The highest BCUT2D eigenvalue weighted by molar-refractivity contribution is 6.30. The van der Waals surface area contributed by atoms with E-state index in [1.54, 1.807) is 49.4 Å². The molecule has 1 aliphatic heterocycles. The maximum Gasteiger partial charge on any atom is 0.331 e. The van der Waals surface area contributed by atoms with Crippen LogP contribution in [0.25, 0.3) is 22.3 Å². The van der Waals surface area contributed by atoms with Crippen LogP contribution in [-0.2, 0) is 4.79 Å². The molecule has 0 N–H and O–H groups in total. The van der Waals surface area contributed by atoms with Crippen LogP contribution in [0, 0.1) is 17.0 Å². The van der Waals surface area contributed by atoms with Gasteiger partial charge in [-0.05, 0) is 49.4 Å². The number of rotatable bonds is 5. The summed E-state index contributed by atoms with van der Waals surface area (Å²) in [5.74, 6) is -3.51. The number of benzene rings is 3. The number of carbonyl (C=O) groups excluding carboxylic acids is 3. The Morgan fingerprint density at radius 3 is 2.49 bits per heavy atom. The van der Waals surface area contributed by atoms with Crippen LogP contribution in [-0.4, -0.2) is 34.2 Å². The van der Waals surface area contributed by atoms with Crippen molar-refractivity contribution < 1.29 is 28.5 Å². The maximum absolute atomic E-state index is 13.4. The molecule has 1 aliphatic rings. The quantitative estimate of drug-likeness (QED) is 0.162. The Morgan fingerprint density at radius 2 is 1.78 bits per heavy atom. The number of hydrogen-bond acceptors (Lipinski definition) is 8. The van der Waals surface area contributed by atoms with Gasteiger partial charge in [0, 0.05) is 16.7 Å². The van der Waals surface area contributed by atoms with Crippen LogP contribution in [0.3, 0.4) is 0 Å². The summed E-state index contributed by atoms with van der Waals surface area (Å²) in [6.07, 6.45) is 0. The number of nitrogens with zero attached hydrogens (tertiary/aromatic N) is 2. The van der Waals surface area contributed by atoms with E-state index in [2.05, 4.69) is 0 Å². The fourth-order valence-corrected chi connectivity index (χ4v) is 4.19. The molecule has 0 aliphatic carbocycles. The molecule has 0 saturated carbocycles. The average molecular weight is 519 g/mol. The number of halogens is 1. The summed E-state index contributed by atoms with van der Waals surface area (Å²) in [4.78, 5) is 62.9. The number of aryl methyl sites for hydroxylation is 1. The van der Waals surface area contributed by atoms with Gasteiger partial charge in [-0.25, -0.2) is 4.79 Å². The van der Waals surface area contributed by atoms with Crippen LogP contribution in [0.2, 0.25) is 5.02 Å². The highest BCUT2D eigenvalue weighted by Gasteiger charge is 2.42. The molecule has 10 nitrogen and oxygen atoms in total.